The molecule has 1 aliphatic rings. The normalized spacial score (nSPS) is 14.1. The van der Waals surface area contributed by atoms with Gasteiger partial charge in [0.2, 0.25) is 0 Å². The van der Waals surface area contributed by atoms with Gasteiger partial charge in [-0.2, -0.15) is 0 Å². The first-order valence-corrected chi connectivity index (χ1v) is 13.2. The molecule has 1 fully saturated rings. The van der Waals surface area contributed by atoms with Crippen LogP contribution < -0.4 is 19.5 Å². The van der Waals surface area contributed by atoms with Crippen LogP contribution in [0.3, 0.4) is 0 Å². The van der Waals surface area contributed by atoms with Gasteiger partial charge >= 0.3 is 0 Å². The molecule has 1 saturated heterocycles. The molecule has 0 spiro atoms. The van der Waals surface area contributed by atoms with Gasteiger partial charge in [0.1, 0.15) is 12.4 Å². The summed E-state index contributed by atoms with van der Waals surface area (Å²) in [7, 11) is 1.49. The molecule has 3 aromatic carbocycles. The summed E-state index contributed by atoms with van der Waals surface area (Å²) in [6.07, 6.45) is 1.63. The summed E-state index contributed by atoms with van der Waals surface area (Å²) in [5.74, 6) is 0.786. The molecular formula is C30H30N2O6S. The van der Waals surface area contributed by atoms with Gasteiger partial charge in [0, 0.05) is 5.69 Å². The SMILES string of the molecule is COc1cc(/C=C2\SC(=O)N(CCOc3ccc(C)cc3)C2=O)ccc1OCC(=O)Nc1ccc(C)cc1C. The number of thioether (sulfide) groups is 1. The van der Waals surface area contributed by atoms with Gasteiger partial charge < -0.3 is 19.5 Å². The Bertz CT molecular complexity index is 1420. The minimum absolute atomic E-state index is 0.149. The molecule has 1 aliphatic heterocycles. The van der Waals surface area contributed by atoms with E-state index in [1.807, 2.05) is 63.2 Å². The molecule has 3 amide bonds. The molecule has 0 saturated carbocycles. The summed E-state index contributed by atoms with van der Waals surface area (Å²) in [6.45, 7) is 6.05. The van der Waals surface area contributed by atoms with Crippen LogP contribution in [0.4, 0.5) is 10.5 Å². The van der Waals surface area contributed by atoms with Crippen LogP contribution in [0, 0.1) is 20.8 Å². The van der Waals surface area contributed by atoms with Crippen molar-refractivity contribution in [3.8, 4) is 17.2 Å². The van der Waals surface area contributed by atoms with Gasteiger partial charge in [-0.25, -0.2) is 0 Å². The van der Waals surface area contributed by atoms with Crippen LogP contribution in [0.2, 0.25) is 0 Å². The Morgan fingerprint density at radius 1 is 0.923 bits per heavy atom. The fourth-order valence-corrected chi connectivity index (χ4v) is 4.78. The summed E-state index contributed by atoms with van der Waals surface area (Å²) in [6, 6.07) is 18.4. The number of carbonyl (C=O) groups excluding carboxylic acids is 3. The lowest BCUT2D eigenvalue weighted by molar-refractivity contribution is -0.123. The zero-order valence-electron chi connectivity index (χ0n) is 22.3. The number of benzene rings is 3. The maximum absolute atomic E-state index is 12.9. The molecule has 0 radical (unpaired) electrons. The Hall–Kier alpha value is -4.24. The Balaban J connectivity index is 1.35. The Morgan fingerprint density at radius 3 is 2.38 bits per heavy atom. The first kappa shape index (κ1) is 27.8. The van der Waals surface area contributed by atoms with E-state index in [1.165, 1.54) is 12.0 Å². The highest BCUT2D eigenvalue weighted by molar-refractivity contribution is 8.18. The quantitative estimate of drug-likeness (QED) is 0.324. The Kier molecular flexibility index (Phi) is 8.93. The number of nitrogens with zero attached hydrogens (tertiary/aromatic N) is 1. The second-order valence-electron chi connectivity index (χ2n) is 9.06. The number of nitrogens with one attached hydrogen (secondary N) is 1. The molecule has 0 atom stereocenters. The first-order chi connectivity index (χ1) is 18.7. The number of ether oxygens (including phenoxy) is 3. The van der Waals surface area contributed by atoms with Crippen LogP contribution in [0.5, 0.6) is 17.2 Å². The number of hydrogen-bond acceptors (Lipinski definition) is 7. The molecule has 4 rings (SSSR count). The molecule has 9 heteroatoms. The van der Waals surface area contributed by atoms with Crippen LogP contribution >= 0.6 is 11.8 Å². The van der Waals surface area contributed by atoms with Gasteiger partial charge in [0.25, 0.3) is 17.1 Å². The van der Waals surface area contributed by atoms with Crippen LogP contribution in [0.15, 0.2) is 65.6 Å². The van der Waals surface area contributed by atoms with Crippen LogP contribution in [0.1, 0.15) is 22.3 Å². The fourth-order valence-electron chi connectivity index (χ4n) is 3.91. The summed E-state index contributed by atoms with van der Waals surface area (Å²) < 4.78 is 16.8. The van der Waals surface area contributed by atoms with E-state index in [4.69, 9.17) is 14.2 Å². The smallest absolute Gasteiger partial charge is 0.293 e. The lowest BCUT2D eigenvalue weighted by Gasteiger charge is -2.13. The summed E-state index contributed by atoms with van der Waals surface area (Å²) >= 11 is 0.877. The highest BCUT2D eigenvalue weighted by atomic mass is 32.2. The zero-order valence-corrected chi connectivity index (χ0v) is 23.1. The number of imide groups is 1. The second-order valence-corrected chi connectivity index (χ2v) is 10.1. The number of amides is 3. The zero-order chi connectivity index (χ0) is 27.9. The molecule has 0 bridgehead atoms. The molecule has 8 nitrogen and oxygen atoms in total. The monoisotopic (exact) mass is 546 g/mol. The molecular weight excluding hydrogens is 516 g/mol. The third kappa shape index (κ3) is 7.20. The summed E-state index contributed by atoms with van der Waals surface area (Å²) in [4.78, 5) is 39.2. The van der Waals surface area contributed by atoms with Gasteiger partial charge in [-0.15, -0.1) is 0 Å². The highest BCUT2D eigenvalue weighted by Gasteiger charge is 2.34. The van der Waals surface area contributed by atoms with Gasteiger partial charge in [-0.1, -0.05) is 41.5 Å². The van der Waals surface area contributed by atoms with E-state index in [-0.39, 0.29) is 36.8 Å². The number of anilines is 1. The van der Waals surface area contributed by atoms with E-state index in [2.05, 4.69) is 5.32 Å². The second kappa shape index (κ2) is 12.5. The van der Waals surface area contributed by atoms with Crippen molar-refractivity contribution in [2.45, 2.75) is 20.8 Å². The van der Waals surface area contributed by atoms with Gasteiger partial charge in [-0.3, -0.25) is 19.3 Å². The van der Waals surface area contributed by atoms with E-state index in [9.17, 15) is 14.4 Å². The number of carbonyl (C=O) groups is 3. The van der Waals surface area contributed by atoms with E-state index >= 15 is 0 Å². The number of aryl methyl sites for hydroxylation is 3. The maximum Gasteiger partial charge on any atom is 0.293 e. The molecule has 0 aromatic heterocycles. The number of methoxy groups -OCH3 is 1. The molecule has 0 aliphatic carbocycles. The first-order valence-electron chi connectivity index (χ1n) is 12.4. The highest BCUT2D eigenvalue weighted by Crippen LogP contribution is 2.34. The Labute approximate surface area is 231 Å². The van der Waals surface area contributed by atoms with Gasteiger partial charge in [-0.05, 0) is 80.1 Å². The van der Waals surface area contributed by atoms with Gasteiger partial charge in [0.15, 0.2) is 18.1 Å². The van der Waals surface area contributed by atoms with Gasteiger partial charge in [0.05, 0.1) is 18.6 Å². The van der Waals surface area contributed by atoms with Crippen molar-refractivity contribution in [2.24, 2.45) is 0 Å². The standard InChI is InChI=1S/C30H30N2O6S/c1-19-5-9-23(10-6-19)37-14-13-32-29(34)27(39-30(32)35)17-22-8-12-25(26(16-22)36-4)38-18-28(33)31-24-11-7-20(2)15-21(24)3/h5-12,15-17H,13-14,18H2,1-4H3,(H,31,33)/b27-17-. The lowest BCUT2D eigenvalue weighted by Crippen LogP contribution is -2.32. The third-order valence-corrected chi connectivity index (χ3v) is 6.89. The molecule has 1 N–H and O–H groups in total. The van der Waals surface area contributed by atoms with Crippen molar-refractivity contribution in [3.05, 3.63) is 87.8 Å². The van der Waals surface area contributed by atoms with E-state index in [1.54, 1.807) is 24.3 Å². The van der Waals surface area contributed by atoms with Crippen LogP contribution in [0.25, 0.3) is 6.08 Å². The van der Waals surface area contributed by atoms with E-state index in [0.717, 1.165) is 34.1 Å². The van der Waals surface area contributed by atoms with Crippen molar-refractivity contribution >= 4 is 40.6 Å². The number of rotatable bonds is 10. The van der Waals surface area contributed by atoms with Crippen molar-refractivity contribution in [3.63, 3.8) is 0 Å². The Morgan fingerprint density at radius 2 is 1.67 bits per heavy atom. The average Bonchev–Trinajstić information content (AvgIpc) is 3.17. The molecule has 3 aromatic rings. The minimum atomic E-state index is -0.375. The predicted octanol–water partition coefficient (Wildman–Crippen LogP) is 5.75. The molecule has 0 unspecified atom stereocenters. The third-order valence-electron chi connectivity index (χ3n) is 5.98. The molecule has 202 valence electrons. The summed E-state index contributed by atoms with van der Waals surface area (Å²) in [5.41, 5.74) is 4.58. The average molecular weight is 547 g/mol. The predicted molar refractivity (Wildman–Crippen MR) is 152 cm³/mol. The van der Waals surface area contributed by atoms with Crippen LogP contribution in [-0.4, -0.2) is 48.8 Å². The lowest BCUT2D eigenvalue weighted by atomic mass is 10.1. The fraction of sp³-hybridized carbons (Fsp3) is 0.233. The van der Waals surface area contributed by atoms with E-state index < -0.39 is 0 Å². The van der Waals surface area contributed by atoms with Crippen molar-refractivity contribution in [1.82, 2.24) is 4.90 Å². The van der Waals surface area contributed by atoms with E-state index in [0.29, 0.717) is 27.7 Å². The molecule has 1 heterocycles. The molecule has 39 heavy (non-hydrogen) atoms. The largest absolute Gasteiger partial charge is 0.493 e. The topological polar surface area (TPSA) is 94.2 Å². The summed E-state index contributed by atoms with van der Waals surface area (Å²) in [5, 5.41) is 2.50. The van der Waals surface area contributed by atoms with Crippen LogP contribution in [-0.2, 0) is 9.59 Å². The number of hydrogen-bond donors (Lipinski definition) is 1. The van der Waals surface area contributed by atoms with Crippen molar-refractivity contribution < 1.29 is 28.6 Å². The van der Waals surface area contributed by atoms with Crippen molar-refractivity contribution in [1.29, 1.82) is 0 Å². The maximum atomic E-state index is 12.9. The minimum Gasteiger partial charge on any atom is -0.493 e. The van der Waals surface area contributed by atoms with Crippen molar-refractivity contribution in [2.75, 3.05) is 32.2 Å².